The zero-order valence-electron chi connectivity index (χ0n) is 22.1. The van der Waals surface area contributed by atoms with Gasteiger partial charge in [0.15, 0.2) is 0 Å². The Kier molecular flexibility index (Phi) is 6.07. The molecule has 4 rings (SSSR count). The van der Waals surface area contributed by atoms with E-state index >= 15 is 0 Å². The molecule has 3 nitrogen and oxygen atoms in total. The number of hydrogen-bond acceptors (Lipinski definition) is 2. The van der Waals surface area contributed by atoms with Crippen LogP contribution in [0, 0.1) is 45.3 Å². The summed E-state index contributed by atoms with van der Waals surface area (Å²) < 4.78 is 0. The van der Waals surface area contributed by atoms with Crippen LogP contribution in [0.2, 0.25) is 0 Å². The molecule has 3 saturated carbocycles. The van der Waals surface area contributed by atoms with Gasteiger partial charge in [-0.1, -0.05) is 59.3 Å². The fraction of sp³-hybridized carbons (Fsp3) is 0.800. The Morgan fingerprint density at radius 1 is 1.15 bits per heavy atom. The zero-order valence-corrected chi connectivity index (χ0v) is 22.1. The lowest BCUT2D eigenvalue weighted by Crippen LogP contribution is -2.57. The average Bonchev–Trinajstić information content (AvgIpc) is 3.02. The maximum Gasteiger partial charge on any atom is 0.330 e. The molecule has 184 valence electrons. The number of fused-ring (bicyclic) bond motifs is 5. The van der Waals surface area contributed by atoms with Crippen molar-refractivity contribution in [3.8, 4) is 0 Å². The highest BCUT2D eigenvalue weighted by Gasteiger charge is 2.65. The van der Waals surface area contributed by atoms with Gasteiger partial charge in [0.25, 0.3) is 0 Å². The number of carbonyl (C=O) groups is 2. The number of carboxylic acids is 1. The second-order valence-corrected chi connectivity index (χ2v) is 13.3. The van der Waals surface area contributed by atoms with E-state index < -0.39 is 5.97 Å². The second-order valence-electron chi connectivity index (χ2n) is 13.3. The first-order valence-corrected chi connectivity index (χ1v) is 13.4. The Balaban J connectivity index is 1.59. The highest BCUT2D eigenvalue weighted by atomic mass is 16.4. The Hall–Kier alpha value is -1.38. The van der Waals surface area contributed by atoms with Crippen LogP contribution in [-0.4, -0.2) is 16.9 Å². The molecule has 0 spiro atoms. The minimum atomic E-state index is -0.801. The standard InChI is InChI=1S/C30H46O3/c1-19(9-8-10-20(2)26(32)33)21-13-17-30(7)23-11-12-24-27(3,4)25(31)15-16-28(24,5)22(23)14-18-29(21,30)6/h10-11,19,21-22,24H,8-9,12-18H2,1-7H3,(H,32,33)/b20-10-/t19-,21-,22-,24+,28-,29-,30+/m1/s1. The number of rotatable bonds is 5. The summed E-state index contributed by atoms with van der Waals surface area (Å²) in [6.45, 7) is 16.2. The van der Waals surface area contributed by atoms with Crippen molar-refractivity contribution in [1.82, 2.24) is 0 Å². The fourth-order valence-electron chi connectivity index (χ4n) is 9.32. The van der Waals surface area contributed by atoms with Crippen molar-refractivity contribution in [3.05, 3.63) is 23.3 Å². The summed E-state index contributed by atoms with van der Waals surface area (Å²) in [6.07, 6.45) is 14.4. The fourth-order valence-corrected chi connectivity index (χ4v) is 9.32. The number of aliphatic carboxylic acids is 1. The van der Waals surface area contributed by atoms with Crippen molar-refractivity contribution >= 4 is 11.8 Å². The van der Waals surface area contributed by atoms with E-state index in [9.17, 15) is 9.59 Å². The van der Waals surface area contributed by atoms with Crippen molar-refractivity contribution in [2.24, 2.45) is 45.3 Å². The van der Waals surface area contributed by atoms with Crippen molar-refractivity contribution in [1.29, 1.82) is 0 Å². The lowest BCUT2D eigenvalue weighted by atomic mass is 9.41. The van der Waals surface area contributed by atoms with Crippen LogP contribution < -0.4 is 0 Å². The van der Waals surface area contributed by atoms with Gasteiger partial charge < -0.3 is 5.11 Å². The van der Waals surface area contributed by atoms with Crippen LogP contribution in [0.25, 0.3) is 0 Å². The van der Waals surface area contributed by atoms with Gasteiger partial charge in [-0.15, -0.1) is 0 Å². The van der Waals surface area contributed by atoms with Crippen molar-refractivity contribution in [2.75, 3.05) is 0 Å². The third-order valence-corrected chi connectivity index (χ3v) is 11.7. The quantitative estimate of drug-likeness (QED) is 0.343. The van der Waals surface area contributed by atoms with Gasteiger partial charge in [0, 0.05) is 17.4 Å². The second kappa shape index (κ2) is 8.09. The largest absolute Gasteiger partial charge is 0.478 e. The first-order chi connectivity index (χ1) is 15.3. The molecule has 0 radical (unpaired) electrons. The molecular weight excluding hydrogens is 408 g/mol. The molecule has 3 fully saturated rings. The number of Topliss-reactive ketones (excluding diaryl/α,β-unsaturated/α-hetero) is 1. The molecule has 0 amide bonds. The van der Waals surface area contributed by atoms with Crippen LogP contribution >= 0.6 is 0 Å². The third kappa shape index (κ3) is 3.50. The Bertz CT molecular complexity index is 894. The number of carboxylic acid groups (broad SMARTS) is 1. The molecule has 3 heteroatoms. The van der Waals surface area contributed by atoms with E-state index in [-0.39, 0.29) is 16.2 Å². The van der Waals surface area contributed by atoms with E-state index in [1.54, 1.807) is 12.5 Å². The number of carbonyl (C=O) groups excluding carboxylic acids is 1. The summed E-state index contributed by atoms with van der Waals surface area (Å²) in [5.74, 6) is 2.05. The first-order valence-electron chi connectivity index (χ1n) is 13.4. The van der Waals surface area contributed by atoms with Crippen molar-refractivity contribution in [2.45, 2.75) is 106 Å². The Morgan fingerprint density at radius 3 is 2.52 bits per heavy atom. The van der Waals surface area contributed by atoms with Gasteiger partial charge in [0.05, 0.1) is 0 Å². The number of hydrogen-bond donors (Lipinski definition) is 1. The summed E-state index contributed by atoms with van der Waals surface area (Å²) in [7, 11) is 0. The van der Waals surface area contributed by atoms with Crippen molar-refractivity contribution in [3.63, 3.8) is 0 Å². The van der Waals surface area contributed by atoms with Crippen molar-refractivity contribution < 1.29 is 14.7 Å². The van der Waals surface area contributed by atoms with Crippen LogP contribution in [0.4, 0.5) is 0 Å². The lowest BCUT2D eigenvalue weighted by Gasteiger charge is -2.63. The monoisotopic (exact) mass is 454 g/mol. The normalized spacial score (nSPS) is 43.2. The molecule has 7 atom stereocenters. The highest BCUT2D eigenvalue weighted by molar-refractivity contribution is 5.86. The van der Waals surface area contributed by atoms with Gasteiger partial charge in [-0.2, -0.15) is 0 Å². The van der Waals surface area contributed by atoms with Crippen LogP contribution in [0.15, 0.2) is 23.3 Å². The Labute approximate surface area is 201 Å². The van der Waals surface area contributed by atoms with Gasteiger partial charge in [-0.3, -0.25) is 4.79 Å². The van der Waals surface area contributed by atoms with E-state index in [0.29, 0.717) is 40.4 Å². The predicted molar refractivity (Wildman–Crippen MR) is 134 cm³/mol. The molecule has 4 aliphatic rings. The molecule has 0 saturated heterocycles. The Morgan fingerprint density at radius 2 is 1.85 bits per heavy atom. The zero-order chi connectivity index (χ0) is 24.4. The van der Waals surface area contributed by atoms with E-state index in [1.807, 2.05) is 6.08 Å². The molecule has 0 aromatic rings. The van der Waals surface area contributed by atoms with Crippen LogP contribution in [0.3, 0.4) is 0 Å². The maximum absolute atomic E-state index is 12.8. The summed E-state index contributed by atoms with van der Waals surface area (Å²) in [4.78, 5) is 23.9. The molecule has 0 unspecified atom stereocenters. The first kappa shape index (κ1) is 24.7. The maximum atomic E-state index is 12.8. The summed E-state index contributed by atoms with van der Waals surface area (Å²) in [5.41, 5.74) is 2.80. The van der Waals surface area contributed by atoms with Gasteiger partial charge in [-0.05, 0) is 98.2 Å². The molecule has 0 heterocycles. The minimum absolute atomic E-state index is 0.203. The summed E-state index contributed by atoms with van der Waals surface area (Å²) in [5, 5.41) is 9.16. The minimum Gasteiger partial charge on any atom is -0.478 e. The predicted octanol–water partition coefficient (Wildman–Crippen LogP) is 7.61. The molecule has 0 aromatic carbocycles. The summed E-state index contributed by atoms with van der Waals surface area (Å²) in [6, 6.07) is 0. The molecule has 0 bridgehead atoms. The molecular formula is C30H46O3. The van der Waals surface area contributed by atoms with Crippen LogP contribution in [-0.2, 0) is 9.59 Å². The van der Waals surface area contributed by atoms with E-state index in [1.165, 1.54) is 25.7 Å². The van der Waals surface area contributed by atoms with Gasteiger partial charge in [-0.25, -0.2) is 4.79 Å². The molecule has 4 aliphatic carbocycles. The van der Waals surface area contributed by atoms with Crippen LogP contribution in [0.1, 0.15) is 106 Å². The number of ketones is 1. The summed E-state index contributed by atoms with van der Waals surface area (Å²) >= 11 is 0. The smallest absolute Gasteiger partial charge is 0.330 e. The average molecular weight is 455 g/mol. The van der Waals surface area contributed by atoms with Gasteiger partial charge in [0.2, 0.25) is 0 Å². The van der Waals surface area contributed by atoms with E-state index in [4.69, 9.17) is 5.11 Å². The molecule has 33 heavy (non-hydrogen) atoms. The van der Waals surface area contributed by atoms with E-state index in [0.717, 1.165) is 32.1 Å². The van der Waals surface area contributed by atoms with Gasteiger partial charge in [0.1, 0.15) is 5.78 Å². The van der Waals surface area contributed by atoms with Gasteiger partial charge >= 0.3 is 5.97 Å². The van der Waals surface area contributed by atoms with E-state index in [2.05, 4.69) is 47.6 Å². The van der Waals surface area contributed by atoms with Crippen LogP contribution in [0.5, 0.6) is 0 Å². The lowest BCUT2D eigenvalue weighted by molar-refractivity contribution is -0.146. The molecule has 1 N–H and O–H groups in total. The SMILES string of the molecule is C/C(=C/CC[C@@H](C)[C@H]1CC[C@@]2(C)C3=CC[C@H]4C(C)(C)C(=O)CC[C@]4(C)[C@@H]3CC[C@]12C)C(=O)O. The molecule has 0 aliphatic heterocycles. The molecule has 0 aromatic heterocycles. The highest BCUT2D eigenvalue weighted by Crippen LogP contribution is 2.73. The topological polar surface area (TPSA) is 54.4 Å². The third-order valence-electron chi connectivity index (χ3n) is 11.7. The number of allylic oxidation sites excluding steroid dienone is 3.